The van der Waals surface area contributed by atoms with Gasteiger partial charge in [0.1, 0.15) is 12.4 Å². The number of carboxylic acids is 1. The lowest BCUT2D eigenvalue weighted by atomic mass is 10.1. The van der Waals surface area contributed by atoms with E-state index >= 15 is 0 Å². The Balaban J connectivity index is 2.23. The molecule has 0 unspecified atom stereocenters. The molecule has 0 saturated heterocycles. The van der Waals surface area contributed by atoms with Crippen molar-refractivity contribution >= 4 is 28.0 Å². The van der Waals surface area contributed by atoms with Crippen molar-refractivity contribution in [3.05, 3.63) is 69.7 Å². The second-order valence-electron chi connectivity index (χ2n) is 4.54. The van der Waals surface area contributed by atoms with Crippen LogP contribution in [-0.2, 0) is 11.4 Å². The van der Waals surface area contributed by atoms with Crippen molar-refractivity contribution in [3.63, 3.8) is 0 Å². The molecule has 0 amide bonds. The molecular formula is C17H15BrO3. The Hall–Kier alpha value is -2.07. The van der Waals surface area contributed by atoms with Crippen molar-refractivity contribution in [2.45, 2.75) is 13.5 Å². The lowest BCUT2D eigenvalue weighted by Gasteiger charge is -2.12. The zero-order valence-electron chi connectivity index (χ0n) is 11.5. The third-order valence-corrected chi connectivity index (χ3v) is 3.66. The van der Waals surface area contributed by atoms with Crippen LogP contribution in [0.4, 0.5) is 0 Å². The van der Waals surface area contributed by atoms with Gasteiger partial charge in [0.05, 0.1) is 4.47 Å². The number of hydrogen-bond acceptors (Lipinski definition) is 2. The highest BCUT2D eigenvalue weighted by atomic mass is 79.9. The van der Waals surface area contributed by atoms with E-state index in [1.54, 1.807) is 0 Å². The number of ether oxygens (including phenoxy) is 1. The Bertz CT molecular complexity index is 677. The molecule has 0 heterocycles. The third-order valence-electron chi connectivity index (χ3n) is 3.04. The molecule has 0 atom stereocenters. The van der Waals surface area contributed by atoms with Crippen LogP contribution in [0.5, 0.6) is 5.75 Å². The van der Waals surface area contributed by atoms with Crippen LogP contribution < -0.4 is 4.74 Å². The van der Waals surface area contributed by atoms with E-state index < -0.39 is 5.97 Å². The van der Waals surface area contributed by atoms with Crippen molar-refractivity contribution in [2.75, 3.05) is 0 Å². The van der Waals surface area contributed by atoms with E-state index in [9.17, 15) is 4.79 Å². The summed E-state index contributed by atoms with van der Waals surface area (Å²) in [7, 11) is 0. The van der Waals surface area contributed by atoms with Crippen LogP contribution in [-0.4, -0.2) is 11.1 Å². The van der Waals surface area contributed by atoms with Gasteiger partial charge in [-0.3, -0.25) is 0 Å². The molecule has 0 fully saturated rings. The zero-order chi connectivity index (χ0) is 15.2. The molecule has 4 heteroatoms. The molecule has 2 rings (SSSR count). The Labute approximate surface area is 132 Å². The first-order valence-corrected chi connectivity index (χ1v) is 7.24. The molecule has 0 aliphatic carbocycles. The number of aryl methyl sites for hydroxylation is 1. The largest absolute Gasteiger partial charge is 0.487 e. The lowest BCUT2D eigenvalue weighted by molar-refractivity contribution is -0.131. The van der Waals surface area contributed by atoms with Crippen LogP contribution in [0.3, 0.4) is 0 Å². The molecule has 0 aliphatic rings. The van der Waals surface area contributed by atoms with Gasteiger partial charge in [0.25, 0.3) is 0 Å². The summed E-state index contributed by atoms with van der Waals surface area (Å²) in [5.74, 6) is -0.349. The number of para-hydroxylation sites is 1. The van der Waals surface area contributed by atoms with Crippen LogP contribution >= 0.6 is 15.9 Å². The van der Waals surface area contributed by atoms with Gasteiger partial charge in [-0.2, -0.15) is 0 Å². The van der Waals surface area contributed by atoms with E-state index in [4.69, 9.17) is 9.84 Å². The summed E-state index contributed by atoms with van der Waals surface area (Å²) in [6.45, 7) is 2.47. The maximum absolute atomic E-state index is 10.7. The molecule has 0 bridgehead atoms. The summed E-state index contributed by atoms with van der Waals surface area (Å²) in [6.07, 6.45) is 2.63. The smallest absolute Gasteiger partial charge is 0.328 e. The molecule has 0 saturated carbocycles. The molecular weight excluding hydrogens is 332 g/mol. The first kappa shape index (κ1) is 15.3. The second kappa shape index (κ2) is 7.09. The van der Waals surface area contributed by atoms with E-state index in [0.29, 0.717) is 12.4 Å². The second-order valence-corrected chi connectivity index (χ2v) is 5.40. The fourth-order valence-corrected chi connectivity index (χ4v) is 2.39. The van der Waals surface area contributed by atoms with Crippen molar-refractivity contribution in [1.29, 1.82) is 0 Å². The number of halogens is 1. The van der Waals surface area contributed by atoms with Gasteiger partial charge in [0.15, 0.2) is 0 Å². The predicted octanol–water partition coefficient (Wildman–Crippen LogP) is 4.43. The first-order valence-electron chi connectivity index (χ1n) is 6.45. The summed E-state index contributed by atoms with van der Waals surface area (Å²) in [5.41, 5.74) is 2.98. The van der Waals surface area contributed by atoms with E-state index in [1.165, 1.54) is 6.08 Å². The Kier molecular flexibility index (Phi) is 5.17. The van der Waals surface area contributed by atoms with Crippen molar-refractivity contribution in [2.24, 2.45) is 0 Å². The highest BCUT2D eigenvalue weighted by Gasteiger charge is 2.07. The molecule has 1 N–H and O–H groups in total. The quantitative estimate of drug-likeness (QED) is 0.814. The number of hydrogen-bond donors (Lipinski definition) is 1. The Morgan fingerprint density at radius 2 is 2.00 bits per heavy atom. The number of carbonyl (C=O) groups is 1. The topological polar surface area (TPSA) is 46.5 Å². The van der Waals surface area contributed by atoms with Crippen molar-refractivity contribution in [3.8, 4) is 5.75 Å². The Morgan fingerprint density at radius 1 is 1.24 bits per heavy atom. The van der Waals surface area contributed by atoms with Gasteiger partial charge in [-0.25, -0.2) is 4.79 Å². The van der Waals surface area contributed by atoms with E-state index in [-0.39, 0.29) is 0 Å². The minimum Gasteiger partial charge on any atom is -0.487 e. The molecule has 2 aromatic rings. The van der Waals surface area contributed by atoms with Gasteiger partial charge in [-0.1, -0.05) is 36.4 Å². The lowest BCUT2D eigenvalue weighted by Crippen LogP contribution is -2.00. The molecule has 0 aromatic heterocycles. The van der Waals surface area contributed by atoms with Gasteiger partial charge in [-0.05, 0) is 46.1 Å². The van der Waals surface area contributed by atoms with Gasteiger partial charge in [0.2, 0.25) is 0 Å². The number of rotatable bonds is 5. The van der Waals surface area contributed by atoms with E-state index in [0.717, 1.165) is 27.2 Å². The molecule has 0 radical (unpaired) electrons. The summed E-state index contributed by atoms with van der Waals surface area (Å²) in [5, 5.41) is 8.74. The maximum atomic E-state index is 10.7. The summed E-state index contributed by atoms with van der Waals surface area (Å²) < 4.78 is 6.67. The number of aliphatic carboxylic acids is 1. The van der Waals surface area contributed by atoms with Crippen LogP contribution in [0.1, 0.15) is 16.7 Å². The SMILES string of the molecule is Cc1ccccc1COc1c(Br)cccc1C=CC(=O)O. The van der Waals surface area contributed by atoms with Gasteiger partial charge in [-0.15, -0.1) is 0 Å². The van der Waals surface area contributed by atoms with Crippen LogP contribution in [0.15, 0.2) is 53.0 Å². The van der Waals surface area contributed by atoms with Crippen molar-refractivity contribution in [1.82, 2.24) is 0 Å². The standard InChI is InChI=1S/C17H15BrO3/c1-12-5-2-3-6-14(12)11-21-17-13(9-10-16(19)20)7-4-8-15(17)18/h2-10H,11H2,1H3,(H,19,20). The summed E-state index contributed by atoms with van der Waals surface area (Å²) >= 11 is 3.44. The monoisotopic (exact) mass is 346 g/mol. The van der Waals surface area contributed by atoms with Gasteiger partial charge < -0.3 is 9.84 Å². The maximum Gasteiger partial charge on any atom is 0.328 e. The molecule has 21 heavy (non-hydrogen) atoms. The van der Waals surface area contributed by atoms with Crippen LogP contribution in [0, 0.1) is 6.92 Å². The number of carboxylic acid groups (broad SMARTS) is 1. The minimum absolute atomic E-state index is 0.434. The van der Waals surface area contributed by atoms with Gasteiger partial charge >= 0.3 is 5.97 Å². The molecule has 3 nitrogen and oxygen atoms in total. The van der Waals surface area contributed by atoms with Crippen molar-refractivity contribution < 1.29 is 14.6 Å². The molecule has 0 aliphatic heterocycles. The fraction of sp³-hybridized carbons (Fsp3) is 0.118. The summed E-state index contributed by atoms with van der Waals surface area (Å²) in [6, 6.07) is 13.5. The average Bonchev–Trinajstić information content (AvgIpc) is 2.45. The van der Waals surface area contributed by atoms with Crippen LogP contribution in [0.2, 0.25) is 0 Å². The van der Waals surface area contributed by atoms with Gasteiger partial charge in [0, 0.05) is 11.6 Å². The van der Waals surface area contributed by atoms with E-state index in [2.05, 4.69) is 15.9 Å². The van der Waals surface area contributed by atoms with Crippen LogP contribution in [0.25, 0.3) is 6.08 Å². The molecule has 2 aromatic carbocycles. The molecule has 108 valence electrons. The third kappa shape index (κ3) is 4.20. The minimum atomic E-state index is -0.986. The fourth-order valence-electron chi connectivity index (χ4n) is 1.89. The zero-order valence-corrected chi connectivity index (χ0v) is 13.1. The first-order chi connectivity index (χ1) is 10.1. The predicted molar refractivity (Wildman–Crippen MR) is 86.3 cm³/mol. The number of benzene rings is 2. The normalized spacial score (nSPS) is 10.8. The highest BCUT2D eigenvalue weighted by molar-refractivity contribution is 9.10. The Morgan fingerprint density at radius 3 is 2.71 bits per heavy atom. The molecule has 0 spiro atoms. The highest BCUT2D eigenvalue weighted by Crippen LogP contribution is 2.31. The van der Waals surface area contributed by atoms with E-state index in [1.807, 2.05) is 49.4 Å². The summed E-state index contributed by atoms with van der Waals surface area (Å²) in [4.78, 5) is 10.7. The average molecular weight is 347 g/mol.